The predicted molar refractivity (Wildman–Crippen MR) is 96.1 cm³/mol. The van der Waals surface area contributed by atoms with E-state index in [0.29, 0.717) is 0 Å². The minimum atomic E-state index is -4.41. The normalized spacial score (nSPS) is 22.4. The first-order valence-electron chi connectivity index (χ1n) is 8.05. The van der Waals surface area contributed by atoms with Crippen LogP contribution in [0.4, 0.5) is 0 Å². The number of aliphatic carboxylic acids is 2. The van der Waals surface area contributed by atoms with E-state index in [2.05, 4.69) is 0 Å². The van der Waals surface area contributed by atoms with E-state index in [-0.39, 0.29) is 5.56 Å². The molecule has 1 aromatic heterocycles. The molecule has 162 valence electrons. The lowest BCUT2D eigenvalue weighted by Gasteiger charge is -2.18. The number of sulfone groups is 2. The Morgan fingerprint density at radius 1 is 1.17 bits per heavy atom. The molecule has 1 saturated heterocycles. The van der Waals surface area contributed by atoms with E-state index in [4.69, 9.17) is 14.9 Å². The molecule has 2 heterocycles. The molecule has 29 heavy (non-hydrogen) atoms. The molecule has 0 aromatic carbocycles. The number of rotatable bonds is 8. The van der Waals surface area contributed by atoms with Crippen molar-refractivity contribution < 1.29 is 41.4 Å². The third kappa shape index (κ3) is 5.51. The van der Waals surface area contributed by atoms with Crippen LogP contribution >= 0.6 is 0 Å². The summed E-state index contributed by atoms with van der Waals surface area (Å²) in [6.45, 7) is 1.37. The monoisotopic (exact) mass is 454 g/mol. The van der Waals surface area contributed by atoms with Crippen LogP contribution in [-0.2, 0) is 34.0 Å². The van der Waals surface area contributed by atoms with Gasteiger partial charge in [0.1, 0.15) is 17.7 Å². The van der Waals surface area contributed by atoms with Crippen molar-refractivity contribution in [3.63, 3.8) is 0 Å². The van der Waals surface area contributed by atoms with Gasteiger partial charge in [0.15, 0.2) is 19.7 Å². The van der Waals surface area contributed by atoms with Crippen LogP contribution in [0.15, 0.2) is 15.8 Å². The Morgan fingerprint density at radius 3 is 2.31 bits per heavy atom. The highest BCUT2D eigenvalue weighted by Gasteiger charge is 2.46. The van der Waals surface area contributed by atoms with Crippen LogP contribution in [0.5, 0.6) is 0 Å². The minimum Gasteiger partial charge on any atom is -0.480 e. The number of aromatic nitrogens is 2. The van der Waals surface area contributed by atoms with Crippen LogP contribution < -0.4 is 11.2 Å². The van der Waals surface area contributed by atoms with E-state index in [1.165, 1.54) is 6.92 Å². The van der Waals surface area contributed by atoms with E-state index >= 15 is 0 Å². The summed E-state index contributed by atoms with van der Waals surface area (Å²) in [5, 5.41) is 15.9. The summed E-state index contributed by atoms with van der Waals surface area (Å²) in [6, 6.07) is 0. The van der Waals surface area contributed by atoms with Crippen molar-refractivity contribution in [3.05, 3.63) is 32.6 Å². The Balaban J connectivity index is 2.45. The molecule has 3 N–H and O–H groups in total. The van der Waals surface area contributed by atoms with Crippen molar-refractivity contribution in [3.8, 4) is 0 Å². The van der Waals surface area contributed by atoms with Crippen molar-refractivity contribution >= 4 is 31.6 Å². The van der Waals surface area contributed by atoms with Gasteiger partial charge in [-0.2, -0.15) is 0 Å². The molecule has 1 fully saturated rings. The van der Waals surface area contributed by atoms with Crippen LogP contribution in [0, 0.1) is 6.92 Å². The molecule has 0 unspecified atom stereocenters. The summed E-state index contributed by atoms with van der Waals surface area (Å²) >= 11 is 0. The van der Waals surface area contributed by atoms with Gasteiger partial charge in [-0.1, -0.05) is 0 Å². The van der Waals surface area contributed by atoms with Gasteiger partial charge in [-0.05, 0) is 6.92 Å². The Bertz CT molecular complexity index is 1150. The molecular weight excluding hydrogens is 436 g/mol. The fourth-order valence-corrected chi connectivity index (χ4v) is 6.04. The SMILES string of the molecule is Cc1cn([C@H]2C[C@@H](S(=O)(=O)CC(=O)O)[C@@H](CS(=O)(=O)CC(=O)O)O2)c(=O)[nH]c1=O. The Hall–Kier alpha value is -2.52. The summed E-state index contributed by atoms with van der Waals surface area (Å²) in [5.41, 5.74) is -1.52. The number of ether oxygens (including phenoxy) is 1. The van der Waals surface area contributed by atoms with Gasteiger partial charge in [-0.15, -0.1) is 0 Å². The Labute approximate surface area is 163 Å². The molecule has 13 nitrogen and oxygen atoms in total. The van der Waals surface area contributed by atoms with Crippen molar-refractivity contribution in [1.29, 1.82) is 0 Å². The maximum absolute atomic E-state index is 12.4. The zero-order valence-corrected chi connectivity index (χ0v) is 16.6. The zero-order valence-electron chi connectivity index (χ0n) is 15.0. The fraction of sp³-hybridized carbons (Fsp3) is 0.571. The van der Waals surface area contributed by atoms with Crippen LogP contribution in [0.25, 0.3) is 0 Å². The molecule has 1 aliphatic rings. The lowest BCUT2D eigenvalue weighted by molar-refractivity contribution is -0.135. The number of carboxylic acids is 2. The lowest BCUT2D eigenvalue weighted by atomic mass is 10.2. The van der Waals surface area contributed by atoms with E-state index in [9.17, 15) is 36.0 Å². The molecule has 0 radical (unpaired) electrons. The molecule has 1 aliphatic heterocycles. The van der Waals surface area contributed by atoms with Crippen LogP contribution in [0.1, 0.15) is 18.2 Å². The molecule has 0 bridgehead atoms. The second-order valence-electron chi connectivity index (χ2n) is 6.53. The summed E-state index contributed by atoms with van der Waals surface area (Å²) < 4.78 is 55.2. The van der Waals surface area contributed by atoms with Gasteiger partial charge in [-0.25, -0.2) is 21.6 Å². The summed E-state index contributed by atoms with van der Waals surface area (Å²) in [4.78, 5) is 47.1. The van der Waals surface area contributed by atoms with Gasteiger partial charge < -0.3 is 14.9 Å². The van der Waals surface area contributed by atoms with E-state index in [0.717, 1.165) is 10.8 Å². The lowest BCUT2D eigenvalue weighted by Crippen LogP contribution is -2.39. The largest absolute Gasteiger partial charge is 0.480 e. The van der Waals surface area contributed by atoms with Crippen molar-refractivity contribution in [2.45, 2.75) is 30.9 Å². The van der Waals surface area contributed by atoms with Gasteiger partial charge in [0, 0.05) is 18.2 Å². The minimum absolute atomic E-state index is 0.0973. The number of carbonyl (C=O) groups is 2. The van der Waals surface area contributed by atoms with E-state index in [1.807, 2.05) is 4.98 Å². The Morgan fingerprint density at radius 2 is 1.76 bits per heavy atom. The van der Waals surface area contributed by atoms with Crippen molar-refractivity contribution in [2.24, 2.45) is 0 Å². The standard InChI is InChI=1S/C14H18N2O11S2/c1-7-3-16(14(22)15-13(7)21)10-2-9(29(25,26)6-12(19)20)8(27-10)4-28(23,24)5-11(17)18/h3,8-10H,2,4-6H2,1H3,(H,17,18)(H,19,20)(H,15,21,22)/t8-,9-,10-/m1/s1. The smallest absolute Gasteiger partial charge is 0.330 e. The molecule has 0 saturated carbocycles. The first-order valence-corrected chi connectivity index (χ1v) is 11.6. The average molecular weight is 454 g/mol. The highest BCUT2D eigenvalue weighted by atomic mass is 32.2. The maximum atomic E-state index is 12.4. The molecule has 1 aromatic rings. The quantitative estimate of drug-likeness (QED) is 0.374. The molecule has 15 heteroatoms. The van der Waals surface area contributed by atoms with Gasteiger partial charge in [0.25, 0.3) is 5.56 Å². The van der Waals surface area contributed by atoms with Gasteiger partial charge in [0.2, 0.25) is 0 Å². The third-order valence-corrected chi connectivity index (χ3v) is 7.78. The third-order valence-electron chi connectivity index (χ3n) is 4.18. The average Bonchev–Trinajstić information content (AvgIpc) is 2.91. The summed E-state index contributed by atoms with van der Waals surface area (Å²) in [7, 11) is -8.70. The number of nitrogens with one attached hydrogen (secondary N) is 1. The first kappa shape index (κ1) is 22.8. The predicted octanol–water partition coefficient (Wildman–Crippen LogP) is -2.50. The molecule has 0 spiro atoms. The van der Waals surface area contributed by atoms with Crippen molar-refractivity contribution in [1.82, 2.24) is 9.55 Å². The van der Waals surface area contributed by atoms with Crippen LogP contribution in [0.2, 0.25) is 0 Å². The molecule has 3 atom stereocenters. The molecular formula is C14H18N2O11S2. The number of aryl methyl sites for hydroxylation is 1. The van der Waals surface area contributed by atoms with E-state index < -0.39 is 84.1 Å². The second kappa shape index (κ2) is 8.08. The second-order valence-corrected chi connectivity index (χ2v) is 10.9. The summed E-state index contributed by atoms with van der Waals surface area (Å²) in [6.07, 6.45) is -2.28. The first-order chi connectivity index (χ1) is 13.2. The number of hydrogen-bond acceptors (Lipinski definition) is 9. The highest BCUT2D eigenvalue weighted by Crippen LogP contribution is 2.33. The number of H-pyrrole nitrogens is 1. The number of carboxylic acid groups (broad SMARTS) is 2. The van der Waals surface area contributed by atoms with E-state index in [1.54, 1.807) is 0 Å². The number of aromatic amines is 1. The molecule has 2 rings (SSSR count). The fourth-order valence-electron chi connectivity index (χ4n) is 2.98. The van der Waals surface area contributed by atoms with Crippen LogP contribution in [-0.4, -0.2) is 77.2 Å². The van der Waals surface area contributed by atoms with Crippen LogP contribution in [0.3, 0.4) is 0 Å². The van der Waals surface area contributed by atoms with Gasteiger partial charge in [0.05, 0.1) is 17.1 Å². The highest BCUT2D eigenvalue weighted by molar-refractivity contribution is 7.93. The molecule has 0 amide bonds. The number of hydrogen-bond donors (Lipinski definition) is 3. The van der Waals surface area contributed by atoms with Gasteiger partial charge in [-0.3, -0.25) is 23.9 Å². The molecule has 0 aliphatic carbocycles. The zero-order chi connectivity index (χ0) is 22.1. The maximum Gasteiger partial charge on any atom is 0.330 e. The summed E-state index contributed by atoms with van der Waals surface area (Å²) in [5.74, 6) is -6.91. The van der Waals surface area contributed by atoms with Crippen molar-refractivity contribution in [2.75, 3.05) is 17.3 Å². The number of nitrogens with zero attached hydrogens (tertiary/aromatic N) is 1. The Kier molecular flexibility index (Phi) is 6.34. The topological polar surface area (TPSA) is 207 Å². The van der Waals surface area contributed by atoms with Gasteiger partial charge >= 0.3 is 17.6 Å².